The summed E-state index contributed by atoms with van der Waals surface area (Å²) in [6.45, 7) is 0.479. The third kappa shape index (κ3) is 4.73. The van der Waals surface area contributed by atoms with Crippen LogP contribution in [0, 0.1) is 0 Å². The van der Waals surface area contributed by atoms with Gasteiger partial charge < -0.3 is 10.6 Å². The highest BCUT2D eigenvalue weighted by atomic mass is 16.2. The number of hydrogen-bond acceptors (Lipinski definition) is 5. The molecular formula is C18H18N6O2. The number of benzene rings is 2. The molecule has 0 aliphatic heterocycles. The van der Waals surface area contributed by atoms with Crippen LogP contribution >= 0.6 is 0 Å². The molecule has 2 amide bonds. The Morgan fingerprint density at radius 3 is 2.54 bits per heavy atom. The minimum atomic E-state index is -0.318. The van der Waals surface area contributed by atoms with Gasteiger partial charge in [0, 0.05) is 6.54 Å². The minimum absolute atomic E-state index is 0.0308. The van der Waals surface area contributed by atoms with E-state index in [0.717, 1.165) is 12.0 Å². The normalized spacial score (nSPS) is 10.3. The summed E-state index contributed by atoms with van der Waals surface area (Å²) in [6.07, 6.45) is 2.09. The number of aromatic nitrogens is 4. The summed E-state index contributed by atoms with van der Waals surface area (Å²) in [4.78, 5) is 24.5. The lowest BCUT2D eigenvalue weighted by Crippen LogP contribution is -2.27. The van der Waals surface area contributed by atoms with Gasteiger partial charge in [-0.1, -0.05) is 42.5 Å². The summed E-state index contributed by atoms with van der Waals surface area (Å²) >= 11 is 0. The number of rotatable bonds is 7. The highest BCUT2D eigenvalue weighted by molar-refractivity contribution is 6.03. The molecule has 26 heavy (non-hydrogen) atoms. The van der Waals surface area contributed by atoms with E-state index in [4.69, 9.17) is 0 Å². The van der Waals surface area contributed by atoms with E-state index in [0.29, 0.717) is 17.8 Å². The molecular weight excluding hydrogens is 332 g/mol. The predicted octanol–water partition coefficient (Wildman–Crippen LogP) is 1.28. The number of carbonyl (C=O) groups excluding carboxylic acids is 2. The first-order chi connectivity index (χ1) is 12.7. The number of tetrazole rings is 1. The zero-order valence-electron chi connectivity index (χ0n) is 14.0. The van der Waals surface area contributed by atoms with Crippen molar-refractivity contribution in [1.82, 2.24) is 25.5 Å². The van der Waals surface area contributed by atoms with Gasteiger partial charge in [-0.25, -0.2) is 4.68 Å². The maximum atomic E-state index is 12.5. The molecule has 0 fully saturated rings. The van der Waals surface area contributed by atoms with Crippen LogP contribution in [0.5, 0.6) is 0 Å². The van der Waals surface area contributed by atoms with E-state index in [-0.39, 0.29) is 18.4 Å². The SMILES string of the molecule is O=C(Cn1cnnn1)Nc1ccccc1C(=O)NCCc1ccccc1. The first-order valence-corrected chi connectivity index (χ1v) is 8.14. The standard InChI is InChI=1S/C18H18N6O2/c25-17(12-24-13-20-22-23-24)21-16-9-5-4-8-15(16)18(26)19-11-10-14-6-2-1-3-7-14/h1-9,13H,10-12H2,(H,19,26)(H,21,25). The molecule has 1 aromatic heterocycles. The first kappa shape index (κ1) is 17.3. The summed E-state index contributed by atoms with van der Waals surface area (Å²) in [5.74, 6) is -0.555. The Bertz CT molecular complexity index is 864. The van der Waals surface area contributed by atoms with Crippen LogP contribution in [0.3, 0.4) is 0 Å². The van der Waals surface area contributed by atoms with Gasteiger partial charge in [-0.2, -0.15) is 0 Å². The van der Waals surface area contributed by atoms with Gasteiger partial charge in [0.25, 0.3) is 5.91 Å². The molecule has 2 aromatic carbocycles. The van der Waals surface area contributed by atoms with Crippen molar-refractivity contribution in [2.75, 3.05) is 11.9 Å². The van der Waals surface area contributed by atoms with Crippen LogP contribution in [-0.2, 0) is 17.8 Å². The number of carbonyl (C=O) groups is 2. The molecule has 1 heterocycles. The number of hydrogen-bond donors (Lipinski definition) is 2. The molecule has 3 aromatic rings. The molecule has 0 saturated heterocycles. The van der Waals surface area contributed by atoms with Gasteiger partial charge >= 0.3 is 0 Å². The third-order valence-electron chi connectivity index (χ3n) is 3.68. The van der Waals surface area contributed by atoms with Crippen molar-refractivity contribution in [1.29, 1.82) is 0 Å². The molecule has 0 atom stereocenters. The van der Waals surface area contributed by atoms with Crippen molar-refractivity contribution in [3.8, 4) is 0 Å². The van der Waals surface area contributed by atoms with Gasteiger partial charge in [0.2, 0.25) is 5.91 Å². The van der Waals surface area contributed by atoms with Gasteiger partial charge in [-0.05, 0) is 34.5 Å². The molecule has 0 aliphatic rings. The van der Waals surface area contributed by atoms with E-state index in [1.807, 2.05) is 30.3 Å². The van der Waals surface area contributed by atoms with Crippen LogP contribution in [0.15, 0.2) is 60.9 Å². The average molecular weight is 350 g/mol. The Labute approximate surface area is 150 Å². The molecule has 3 rings (SSSR count). The predicted molar refractivity (Wildman–Crippen MR) is 95.4 cm³/mol. The van der Waals surface area contributed by atoms with Crippen LogP contribution in [0.4, 0.5) is 5.69 Å². The Hall–Kier alpha value is -3.55. The molecule has 0 spiro atoms. The largest absolute Gasteiger partial charge is 0.352 e. The van der Waals surface area contributed by atoms with Crippen LogP contribution in [0.1, 0.15) is 15.9 Å². The van der Waals surface area contributed by atoms with E-state index >= 15 is 0 Å². The van der Waals surface area contributed by atoms with E-state index in [1.54, 1.807) is 24.3 Å². The monoisotopic (exact) mass is 350 g/mol. The Kier molecular flexibility index (Phi) is 5.66. The van der Waals surface area contributed by atoms with Gasteiger partial charge in [0.05, 0.1) is 11.3 Å². The molecule has 0 bridgehead atoms. The number of anilines is 1. The van der Waals surface area contributed by atoms with E-state index in [1.165, 1.54) is 11.0 Å². The molecule has 0 saturated carbocycles. The second kappa shape index (κ2) is 8.52. The van der Waals surface area contributed by atoms with Crippen molar-refractivity contribution in [3.05, 3.63) is 72.1 Å². The summed E-state index contributed by atoms with van der Waals surface area (Å²) in [6, 6.07) is 16.8. The summed E-state index contributed by atoms with van der Waals surface area (Å²) in [5.41, 5.74) is 2.00. The lowest BCUT2D eigenvalue weighted by Gasteiger charge is -2.11. The number of para-hydroxylation sites is 1. The van der Waals surface area contributed by atoms with Crippen LogP contribution < -0.4 is 10.6 Å². The Morgan fingerprint density at radius 2 is 1.77 bits per heavy atom. The second-order valence-electron chi connectivity index (χ2n) is 5.59. The smallest absolute Gasteiger partial charge is 0.253 e. The van der Waals surface area contributed by atoms with E-state index in [2.05, 4.69) is 26.2 Å². The molecule has 0 aliphatic carbocycles. The van der Waals surface area contributed by atoms with Gasteiger partial charge in [-0.3, -0.25) is 9.59 Å². The van der Waals surface area contributed by atoms with Crippen molar-refractivity contribution >= 4 is 17.5 Å². The zero-order valence-corrected chi connectivity index (χ0v) is 14.0. The fraction of sp³-hybridized carbons (Fsp3) is 0.167. The van der Waals surface area contributed by atoms with Crippen molar-refractivity contribution in [2.45, 2.75) is 13.0 Å². The van der Waals surface area contributed by atoms with Gasteiger partial charge in [-0.15, -0.1) is 5.10 Å². The van der Waals surface area contributed by atoms with E-state index < -0.39 is 0 Å². The number of amides is 2. The quantitative estimate of drug-likeness (QED) is 0.668. The molecule has 0 unspecified atom stereocenters. The Morgan fingerprint density at radius 1 is 1.00 bits per heavy atom. The summed E-state index contributed by atoms with van der Waals surface area (Å²) in [5, 5.41) is 16.2. The third-order valence-corrected chi connectivity index (χ3v) is 3.68. The second-order valence-corrected chi connectivity index (χ2v) is 5.59. The lowest BCUT2D eigenvalue weighted by molar-refractivity contribution is -0.116. The Balaban J connectivity index is 1.58. The fourth-order valence-corrected chi connectivity index (χ4v) is 2.44. The number of nitrogens with one attached hydrogen (secondary N) is 2. The van der Waals surface area contributed by atoms with Crippen molar-refractivity contribution < 1.29 is 9.59 Å². The molecule has 2 N–H and O–H groups in total. The van der Waals surface area contributed by atoms with E-state index in [9.17, 15) is 9.59 Å². The topological polar surface area (TPSA) is 102 Å². The van der Waals surface area contributed by atoms with Crippen LogP contribution in [0.2, 0.25) is 0 Å². The highest BCUT2D eigenvalue weighted by Crippen LogP contribution is 2.15. The average Bonchev–Trinajstić information content (AvgIpc) is 3.16. The van der Waals surface area contributed by atoms with Gasteiger partial charge in [0.1, 0.15) is 12.9 Å². The fourth-order valence-electron chi connectivity index (χ4n) is 2.44. The summed E-state index contributed by atoms with van der Waals surface area (Å²) < 4.78 is 1.30. The molecule has 132 valence electrons. The first-order valence-electron chi connectivity index (χ1n) is 8.14. The number of nitrogens with zero attached hydrogens (tertiary/aromatic N) is 4. The van der Waals surface area contributed by atoms with Crippen LogP contribution in [0.25, 0.3) is 0 Å². The molecule has 0 radical (unpaired) electrons. The minimum Gasteiger partial charge on any atom is -0.352 e. The maximum absolute atomic E-state index is 12.5. The highest BCUT2D eigenvalue weighted by Gasteiger charge is 2.13. The molecule has 8 nitrogen and oxygen atoms in total. The van der Waals surface area contributed by atoms with Crippen molar-refractivity contribution in [2.24, 2.45) is 0 Å². The molecule has 8 heteroatoms. The van der Waals surface area contributed by atoms with Gasteiger partial charge in [0.15, 0.2) is 0 Å². The van der Waals surface area contributed by atoms with Crippen LogP contribution in [-0.4, -0.2) is 38.6 Å². The lowest BCUT2D eigenvalue weighted by atomic mass is 10.1. The van der Waals surface area contributed by atoms with Crippen molar-refractivity contribution in [3.63, 3.8) is 0 Å². The zero-order chi connectivity index (χ0) is 18.2. The maximum Gasteiger partial charge on any atom is 0.253 e. The summed E-state index contributed by atoms with van der Waals surface area (Å²) in [7, 11) is 0.